The number of nitrogens with zero attached hydrogens (tertiary/aromatic N) is 5. The van der Waals surface area contributed by atoms with E-state index in [1.54, 1.807) is 23.4 Å². The van der Waals surface area contributed by atoms with Crippen molar-refractivity contribution in [3.8, 4) is 0 Å². The summed E-state index contributed by atoms with van der Waals surface area (Å²) in [6.45, 7) is 6.57. The Morgan fingerprint density at radius 3 is 2.54 bits per heavy atom. The van der Waals surface area contributed by atoms with E-state index < -0.39 is 11.2 Å². The van der Waals surface area contributed by atoms with Gasteiger partial charge in [-0.25, -0.2) is 19.7 Å². The first-order valence-corrected chi connectivity index (χ1v) is 9.84. The van der Waals surface area contributed by atoms with Gasteiger partial charge >= 0.3 is 5.69 Å². The standard InChI is InChI=1S/C16H19BrN6O2S/c1-8(7-26-15-18-9(2)5-10(3)19-15)6-23-11-12(20-14(23)17)22(4)16(25)21-13(11)24/h5,8H,6-7H2,1-4H3,(H,21,24,25)/t8-/m1/s1. The molecule has 3 aromatic heterocycles. The monoisotopic (exact) mass is 438 g/mol. The number of thioether (sulfide) groups is 1. The molecule has 0 aliphatic heterocycles. The molecule has 0 fully saturated rings. The minimum atomic E-state index is -0.477. The largest absolute Gasteiger partial charge is 0.329 e. The summed E-state index contributed by atoms with van der Waals surface area (Å²) < 4.78 is 3.65. The van der Waals surface area contributed by atoms with Crippen LogP contribution in [0.25, 0.3) is 11.2 Å². The lowest BCUT2D eigenvalue weighted by Crippen LogP contribution is -2.29. The van der Waals surface area contributed by atoms with Crippen molar-refractivity contribution in [1.29, 1.82) is 0 Å². The second kappa shape index (κ2) is 7.36. The van der Waals surface area contributed by atoms with E-state index in [1.165, 1.54) is 4.57 Å². The third-order valence-electron chi connectivity index (χ3n) is 3.91. The van der Waals surface area contributed by atoms with Gasteiger partial charge in [0.05, 0.1) is 0 Å². The van der Waals surface area contributed by atoms with E-state index in [0.29, 0.717) is 22.4 Å². The number of aromatic nitrogens is 6. The minimum Gasteiger partial charge on any atom is -0.312 e. The summed E-state index contributed by atoms with van der Waals surface area (Å²) >= 11 is 4.99. The third-order valence-corrected chi connectivity index (χ3v) is 5.70. The van der Waals surface area contributed by atoms with Crippen LogP contribution in [0.5, 0.6) is 0 Å². The second-order valence-corrected chi connectivity index (χ2v) is 8.03. The van der Waals surface area contributed by atoms with Crippen molar-refractivity contribution in [1.82, 2.24) is 29.1 Å². The molecular formula is C16H19BrN6O2S. The van der Waals surface area contributed by atoms with Crippen LogP contribution < -0.4 is 11.2 Å². The molecule has 3 aromatic rings. The Morgan fingerprint density at radius 2 is 1.88 bits per heavy atom. The molecule has 0 bridgehead atoms. The van der Waals surface area contributed by atoms with E-state index in [0.717, 1.165) is 22.3 Å². The molecule has 0 saturated carbocycles. The van der Waals surface area contributed by atoms with E-state index in [4.69, 9.17) is 0 Å². The molecule has 10 heteroatoms. The van der Waals surface area contributed by atoms with E-state index in [1.807, 2.05) is 19.9 Å². The zero-order chi connectivity index (χ0) is 19.0. The number of hydrogen-bond donors (Lipinski definition) is 1. The predicted octanol–water partition coefficient (Wildman–Crippen LogP) is 2.02. The summed E-state index contributed by atoms with van der Waals surface area (Å²) in [5, 5.41) is 0.754. The Balaban J connectivity index is 1.82. The molecule has 3 heterocycles. The molecule has 26 heavy (non-hydrogen) atoms. The molecule has 1 N–H and O–H groups in total. The van der Waals surface area contributed by atoms with Crippen LogP contribution in [-0.4, -0.2) is 34.8 Å². The average molecular weight is 439 g/mol. The highest BCUT2D eigenvalue weighted by atomic mass is 79.9. The molecule has 0 saturated heterocycles. The number of nitrogens with one attached hydrogen (secondary N) is 1. The van der Waals surface area contributed by atoms with Crippen LogP contribution in [0.15, 0.2) is 25.5 Å². The van der Waals surface area contributed by atoms with Crippen molar-refractivity contribution in [2.75, 3.05) is 5.75 Å². The molecule has 0 radical (unpaired) electrons. The quantitative estimate of drug-likeness (QED) is 0.371. The first kappa shape index (κ1) is 18.8. The number of fused-ring (bicyclic) bond motifs is 1. The first-order chi connectivity index (χ1) is 12.3. The Hall–Kier alpha value is -1.94. The lowest BCUT2D eigenvalue weighted by Gasteiger charge is -2.13. The third kappa shape index (κ3) is 3.75. The molecular weight excluding hydrogens is 420 g/mol. The van der Waals surface area contributed by atoms with Gasteiger partial charge in [0.1, 0.15) is 0 Å². The lowest BCUT2D eigenvalue weighted by atomic mass is 10.2. The Morgan fingerprint density at radius 1 is 1.23 bits per heavy atom. The first-order valence-electron chi connectivity index (χ1n) is 8.06. The van der Waals surface area contributed by atoms with Gasteiger partial charge in [0.15, 0.2) is 21.1 Å². The maximum Gasteiger partial charge on any atom is 0.329 e. The molecule has 0 aliphatic rings. The molecule has 8 nitrogen and oxygen atoms in total. The molecule has 0 spiro atoms. The van der Waals surface area contributed by atoms with Crippen molar-refractivity contribution in [3.63, 3.8) is 0 Å². The zero-order valence-corrected chi connectivity index (χ0v) is 17.3. The smallest absolute Gasteiger partial charge is 0.312 e. The number of imidazole rings is 1. The maximum atomic E-state index is 12.2. The van der Waals surface area contributed by atoms with Crippen molar-refractivity contribution in [2.24, 2.45) is 13.0 Å². The highest BCUT2D eigenvalue weighted by molar-refractivity contribution is 9.10. The highest BCUT2D eigenvalue weighted by Gasteiger charge is 2.18. The summed E-state index contributed by atoms with van der Waals surface area (Å²) in [6, 6.07) is 1.94. The van der Waals surface area contributed by atoms with Gasteiger partial charge in [0.25, 0.3) is 5.56 Å². The fraction of sp³-hybridized carbons (Fsp3) is 0.438. The summed E-state index contributed by atoms with van der Waals surface area (Å²) in [5.41, 5.74) is 1.74. The van der Waals surface area contributed by atoms with Crippen LogP contribution in [0.3, 0.4) is 0 Å². The summed E-state index contributed by atoms with van der Waals surface area (Å²) in [7, 11) is 1.58. The van der Waals surface area contributed by atoms with Gasteiger partial charge in [0.2, 0.25) is 0 Å². The summed E-state index contributed by atoms with van der Waals surface area (Å²) in [5.74, 6) is 1.02. The number of aromatic amines is 1. The van der Waals surface area contributed by atoms with Crippen molar-refractivity contribution in [3.05, 3.63) is 43.0 Å². The van der Waals surface area contributed by atoms with Crippen LogP contribution in [-0.2, 0) is 13.6 Å². The minimum absolute atomic E-state index is 0.231. The van der Waals surface area contributed by atoms with Crippen LogP contribution in [0.1, 0.15) is 18.3 Å². The molecule has 0 aromatic carbocycles. The average Bonchev–Trinajstić information content (AvgIpc) is 2.87. The Labute approximate surface area is 162 Å². The fourth-order valence-electron chi connectivity index (χ4n) is 2.71. The van der Waals surface area contributed by atoms with Gasteiger partial charge in [-0.15, -0.1) is 0 Å². The van der Waals surface area contributed by atoms with E-state index in [9.17, 15) is 9.59 Å². The van der Waals surface area contributed by atoms with Crippen molar-refractivity contribution in [2.45, 2.75) is 32.5 Å². The van der Waals surface area contributed by atoms with Gasteiger partial charge < -0.3 is 4.57 Å². The van der Waals surface area contributed by atoms with Crippen LogP contribution in [0.4, 0.5) is 0 Å². The Kier molecular flexibility index (Phi) is 5.33. The van der Waals surface area contributed by atoms with E-state index >= 15 is 0 Å². The number of hydrogen-bond acceptors (Lipinski definition) is 6. The van der Waals surface area contributed by atoms with Gasteiger partial charge in [-0.2, -0.15) is 0 Å². The molecule has 0 unspecified atom stereocenters. The normalized spacial score (nSPS) is 12.7. The Bertz CT molecular complexity index is 1070. The van der Waals surface area contributed by atoms with E-state index in [-0.39, 0.29) is 5.92 Å². The fourth-order valence-corrected chi connectivity index (χ4v) is 4.16. The molecule has 1 atom stereocenters. The van der Waals surface area contributed by atoms with Gasteiger partial charge in [0, 0.05) is 30.7 Å². The number of rotatable bonds is 5. The number of halogens is 1. The SMILES string of the molecule is Cc1cc(C)nc(SC[C@H](C)Cn2c(Br)nc3c2c(=O)[nH]c(=O)n3C)n1. The summed E-state index contributed by atoms with van der Waals surface area (Å²) in [4.78, 5) is 39.5. The predicted molar refractivity (Wildman–Crippen MR) is 105 cm³/mol. The topological polar surface area (TPSA) is 98.5 Å². The molecule has 138 valence electrons. The number of aryl methyl sites for hydroxylation is 3. The molecule has 0 amide bonds. The molecule has 3 rings (SSSR count). The maximum absolute atomic E-state index is 12.2. The van der Waals surface area contributed by atoms with Crippen molar-refractivity contribution >= 4 is 38.9 Å². The second-order valence-electron chi connectivity index (χ2n) is 6.33. The lowest BCUT2D eigenvalue weighted by molar-refractivity contribution is 0.532. The zero-order valence-electron chi connectivity index (χ0n) is 14.9. The van der Waals surface area contributed by atoms with E-state index in [2.05, 4.69) is 42.8 Å². The van der Waals surface area contributed by atoms with Crippen molar-refractivity contribution < 1.29 is 0 Å². The van der Waals surface area contributed by atoms with Crippen LogP contribution >= 0.6 is 27.7 Å². The van der Waals surface area contributed by atoms with Gasteiger partial charge in [-0.1, -0.05) is 18.7 Å². The number of H-pyrrole nitrogens is 1. The highest BCUT2D eigenvalue weighted by Crippen LogP contribution is 2.22. The van der Waals surface area contributed by atoms with Gasteiger partial charge in [-0.3, -0.25) is 14.3 Å². The molecule has 0 aliphatic carbocycles. The van der Waals surface area contributed by atoms with Gasteiger partial charge in [-0.05, 0) is 41.8 Å². The van der Waals surface area contributed by atoms with Crippen LogP contribution in [0.2, 0.25) is 0 Å². The van der Waals surface area contributed by atoms with Crippen LogP contribution in [0, 0.1) is 19.8 Å². The summed E-state index contributed by atoms with van der Waals surface area (Å²) in [6.07, 6.45) is 0.